The molecule has 0 aromatic carbocycles. The summed E-state index contributed by atoms with van der Waals surface area (Å²) < 4.78 is 29.4. The zero-order valence-corrected chi connectivity index (χ0v) is 14.4. The number of sulfonamides is 1. The molecule has 2 saturated heterocycles. The van der Waals surface area contributed by atoms with Crippen LogP contribution in [0.1, 0.15) is 43.5 Å². The summed E-state index contributed by atoms with van der Waals surface area (Å²) >= 11 is 0. The highest BCUT2D eigenvalue weighted by Gasteiger charge is 2.32. The topological polar surface area (TPSA) is 58.4 Å². The fourth-order valence-corrected chi connectivity index (χ4v) is 5.43. The number of aryl methyl sites for hydroxylation is 1. The maximum absolute atomic E-state index is 12.9. The van der Waals surface area contributed by atoms with Crippen LogP contribution in [-0.4, -0.2) is 53.6 Å². The molecule has 2 fully saturated rings. The molecule has 0 unspecified atom stereocenters. The van der Waals surface area contributed by atoms with Crippen LogP contribution in [0.25, 0.3) is 0 Å². The molecule has 3 rings (SSSR count). The van der Waals surface area contributed by atoms with Crippen LogP contribution < -0.4 is 0 Å². The number of likely N-dealkylation sites (tertiary alicyclic amines) is 1. The maximum atomic E-state index is 12.9. The average Bonchev–Trinajstić information content (AvgIpc) is 3.09. The second kappa shape index (κ2) is 6.29. The largest absolute Gasteiger partial charge is 0.284 e. The molecular formula is C15H26N4O2S. The molecule has 22 heavy (non-hydrogen) atoms. The van der Waals surface area contributed by atoms with Crippen molar-refractivity contribution in [2.75, 3.05) is 26.2 Å². The van der Waals surface area contributed by atoms with E-state index in [1.54, 1.807) is 4.31 Å². The lowest BCUT2D eigenvalue weighted by molar-refractivity contribution is 0.252. The zero-order valence-electron chi connectivity index (χ0n) is 13.6. The van der Waals surface area contributed by atoms with E-state index in [1.807, 2.05) is 18.5 Å². The summed E-state index contributed by atoms with van der Waals surface area (Å²) in [5.74, 6) is 0. The lowest BCUT2D eigenvalue weighted by Crippen LogP contribution is -2.36. The number of hydrogen-bond acceptors (Lipinski definition) is 4. The van der Waals surface area contributed by atoms with E-state index in [1.165, 1.54) is 12.8 Å². The van der Waals surface area contributed by atoms with Gasteiger partial charge in [-0.25, -0.2) is 8.42 Å². The number of nitrogens with zero attached hydrogens (tertiary/aromatic N) is 4. The van der Waals surface area contributed by atoms with Gasteiger partial charge in [0.2, 0.25) is 10.0 Å². The zero-order chi connectivity index (χ0) is 15.7. The molecule has 0 amide bonds. The normalized spacial score (nSPS) is 21.5. The van der Waals surface area contributed by atoms with Gasteiger partial charge in [0, 0.05) is 13.1 Å². The van der Waals surface area contributed by atoms with Crippen molar-refractivity contribution >= 4 is 10.0 Å². The van der Waals surface area contributed by atoms with Gasteiger partial charge in [-0.3, -0.25) is 9.58 Å². The lowest BCUT2D eigenvalue weighted by atomic mass is 10.2. The van der Waals surface area contributed by atoms with E-state index in [9.17, 15) is 8.42 Å². The Morgan fingerprint density at radius 3 is 2.18 bits per heavy atom. The van der Waals surface area contributed by atoms with Crippen molar-refractivity contribution in [3.8, 4) is 0 Å². The van der Waals surface area contributed by atoms with Crippen LogP contribution in [0.2, 0.25) is 0 Å². The van der Waals surface area contributed by atoms with Gasteiger partial charge in [-0.1, -0.05) is 6.42 Å². The molecule has 3 heterocycles. The molecule has 0 saturated carbocycles. The third-order valence-corrected chi connectivity index (χ3v) is 6.91. The van der Waals surface area contributed by atoms with Crippen molar-refractivity contribution in [2.24, 2.45) is 0 Å². The predicted molar refractivity (Wildman–Crippen MR) is 85.1 cm³/mol. The maximum Gasteiger partial charge on any atom is 0.246 e. The summed E-state index contributed by atoms with van der Waals surface area (Å²) in [5.41, 5.74) is 1.40. The van der Waals surface area contributed by atoms with Gasteiger partial charge >= 0.3 is 0 Å². The predicted octanol–water partition coefficient (Wildman–Crippen LogP) is 1.73. The van der Waals surface area contributed by atoms with Crippen LogP contribution in [0, 0.1) is 13.8 Å². The molecule has 7 heteroatoms. The van der Waals surface area contributed by atoms with Gasteiger partial charge in [0.25, 0.3) is 0 Å². The van der Waals surface area contributed by atoms with Crippen molar-refractivity contribution < 1.29 is 8.42 Å². The Bertz CT molecular complexity index is 626. The highest BCUT2D eigenvalue weighted by Crippen LogP contribution is 2.26. The second-order valence-corrected chi connectivity index (χ2v) is 8.31. The van der Waals surface area contributed by atoms with E-state index in [0.717, 1.165) is 38.0 Å². The van der Waals surface area contributed by atoms with Gasteiger partial charge in [0.15, 0.2) is 0 Å². The Kier molecular flexibility index (Phi) is 4.56. The quantitative estimate of drug-likeness (QED) is 0.845. The van der Waals surface area contributed by atoms with Crippen molar-refractivity contribution in [1.82, 2.24) is 19.0 Å². The van der Waals surface area contributed by atoms with Crippen LogP contribution >= 0.6 is 0 Å². The summed E-state index contributed by atoms with van der Waals surface area (Å²) in [4.78, 5) is 2.75. The van der Waals surface area contributed by atoms with E-state index < -0.39 is 10.0 Å². The van der Waals surface area contributed by atoms with Gasteiger partial charge in [-0.2, -0.15) is 9.40 Å². The first-order valence-corrected chi connectivity index (χ1v) is 9.70. The van der Waals surface area contributed by atoms with E-state index >= 15 is 0 Å². The van der Waals surface area contributed by atoms with Gasteiger partial charge in [-0.15, -0.1) is 0 Å². The molecule has 0 bridgehead atoms. The van der Waals surface area contributed by atoms with Gasteiger partial charge in [0.1, 0.15) is 4.90 Å². The molecule has 2 aliphatic rings. The third-order valence-electron chi connectivity index (χ3n) is 4.76. The van der Waals surface area contributed by atoms with Crippen LogP contribution in [0.15, 0.2) is 4.90 Å². The minimum Gasteiger partial charge on any atom is -0.284 e. The number of aromatic nitrogens is 2. The van der Waals surface area contributed by atoms with Crippen LogP contribution in [0.4, 0.5) is 0 Å². The van der Waals surface area contributed by atoms with Crippen molar-refractivity contribution in [3.05, 3.63) is 11.4 Å². The molecule has 0 radical (unpaired) electrons. The first-order valence-electron chi connectivity index (χ1n) is 8.26. The Labute approximate surface area is 133 Å². The molecule has 1 aromatic rings. The Balaban J connectivity index is 1.88. The van der Waals surface area contributed by atoms with E-state index in [0.29, 0.717) is 30.3 Å². The van der Waals surface area contributed by atoms with Gasteiger partial charge < -0.3 is 0 Å². The summed E-state index contributed by atoms with van der Waals surface area (Å²) in [6.45, 7) is 7.82. The van der Waals surface area contributed by atoms with Crippen molar-refractivity contribution in [1.29, 1.82) is 0 Å². The fourth-order valence-electron chi connectivity index (χ4n) is 3.54. The van der Waals surface area contributed by atoms with Crippen molar-refractivity contribution in [2.45, 2.75) is 57.5 Å². The molecule has 0 atom stereocenters. The summed E-state index contributed by atoms with van der Waals surface area (Å²) in [6.07, 6.45) is 5.48. The Morgan fingerprint density at radius 1 is 0.955 bits per heavy atom. The minimum absolute atomic E-state index is 0.425. The van der Waals surface area contributed by atoms with Crippen LogP contribution in [0.5, 0.6) is 0 Å². The smallest absolute Gasteiger partial charge is 0.246 e. The summed E-state index contributed by atoms with van der Waals surface area (Å²) in [5, 5.41) is 4.50. The molecule has 6 nitrogen and oxygen atoms in total. The second-order valence-electron chi connectivity index (χ2n) is 6.43. The average molecular weight is 326 g/mol. The summed E-state index contributed by atoms with van der Waals surface area (Å²) in [6, 6.07) is 0. The SMILES string of the molecule is Cc1nn(CN2CCCC2)c(C)c1S(=O)(=O)N1CCCCC1. The highest BCUT2D eigenvalue weighted by atomic mass is 32.2. The van der Waals surface area contributed by atoms with Crippen LogP contribution in [0.3, 0.4) is 0 Å². The number of hydrogen-bond donors (Lipinski definition) is 0. The molecule has 1 aromatic heterocycles. The lowest BCUT2D eigenvalue weighted by Gasteiger charge is -2.26. The van der Waals surface area contributed by atoms with E-state index in [2.05, 4.69) is 10.00 Å². The minimum atomic E-state index is -3.40. The monoisotopic (exact) mass is 326 g/mol. The molecule has 124 valence electrons. The van der Waals surface area contributed by atoms with Gasteiger partial charge in [0.05, 0.1) is 18.1 Å². The van der Waals surface area contributed by atoms with Gasteiger partial charge in [-0.05, 0) is 52.6 Å². The van der Waals surface area contributed by atoms with E-state index in [4.69, 9.17) is 0 Å². The van der Waals surface area contributed by atoms with Crippen LogP contribution in [-0.2, 0) is 16.7 Å². The fraction of sp³-hybridized carbons (Fsp3) is 0.800. The standard InChI is InChI=1S/C15H26N4O2S/c1-13-15(22(20,21)18-10-4-3-5-11-18)14(2)19(16-13)12-17-8-6-7-9-17/h3-12H2,1-2H3. The molecule has 0 spiro atoms. The molecule has 0 N–H and O–H groups in total. The summed E-state index contributed by atoms with van der Waals surface area (Å²) in [7, 11) is -3.40. The molecule has 0 aliphatic carbocycles. The Hall–Kier alpha value is -0.920. The highest BCUT2D eigenvalue weighted by molar-refractivity contribution is 7.89. The van der Waals surface area contributed by atoms with Crippen molar-refractivity contribution in [3.63, 3.8) is 0 Å². The first-order chi connectivity index (χ1) is 10.5. The third kappa shape index (κ3) is 2.94. The first kappa shape index (κ1) is 16.0. The Morgan fingerprint density at radius 2 is 1.55 bits per heavy atom. The number of rotatable bonds is 4. The number of piperidine rings is 1. The van der Waals surface area contributed by atoms with E-state index in [-0.39, 0.29) is 0 Å². The molecular weight excluding hydrogens is 300 g/mol. The molecule has 2 aliphatic heterocycles.